The molecule has 2 aliphatic rings. The van der Waals surface area contributed by atoms with Crippen molar-refractivity contribution in [3.63, 3.8) is 0 Å². The minimum atomic E-state index is -1.33. The Balaban J connectivity index is 1.62. The van der Waals surface area contributed by atoms with Gasteiger partial charge in [-0.05, 0) is 19.1 Å². The fourth-order valence-corrected chi connectivity index (χ4v) is 5.48. The molecular weight excluding hydrogens is 453 g/mol. The van der Waals surface area contributed by atoms with Crippen LogP contribution in [-0.4, -0.2) is 71.1 Å². The number of hydrogen-bond acceptors (Lipinski definition) is 7. The summed E-state index contributed by atoms with van der Waals surface area (Å²) < 4.78 is 16.8. The van der Waals surface area contributed by atoms with Gasteiger partial charge in [-0.25, -0.2) is 9.18 Å². The molecule has 0 aliphatic carbocycles. The average molecular weight is 478 g/mol. The van der Waals surface area contributed by atoms with Crippen LogP contribution in [0.4, 0.5) is 10.1 Å². The van der Waals surface area contributed by atoms with E-state index < -0.39 is 23.3 Å². The number of halogens is 1. The molecule has 2 aromatic rings. The van der Waals surface area contributed by atoms with E-state index >= 15 is 4.39 Å². The number of benzene rings is 1. The maximum Gasteiger partial charge on any atom is 0.342 e. The van der Waals surface area contributed by atoms with E-state index in [9.17, 15) is 24.3 Å². The minimum absolute atomic E-state index is 0.0215. The van der Waals surface area contributed by atoms with Crippen molar-refractivity contribution in [1.82, 2.24) is 14.8 Å². The second-order valence-corrected chi connectivity index (χ2v) is 9.33. The molecule has 12 heteroatoms. The normalized spacial score (nSPS) is 18.5. The van der Waals surface area contributed by atoms with E-state index in [0.717, 1.165) is 6.07 Å². The molecule has 33 heavy (non-hydrogen) atoms. The molecule has 3 heterocycles. The third kappa shape index (κ3) is 3.93. The van der Waals surface area contributed by atoms with Crippen LogP contribution in [0.15, 0.2) is 22.0 Å². The van der Waals surface area contributed by atoms with Gasteiger partial charge >= 0.3 is 5.97 Å². The number of carboxylic acids is 1. The molecule has 176 valence electrons. The molecule has 4 N–H and O–H groups in total. The second kappa shape index (κ2) is 8.67. The highest BCUT2D eigenvalue weighted by Gasteiger charge is 2.34. The molecule has 2 amide bonds. The summed E-state index contributed by atoms with van der Waals surface area (Å²) in [4.78, 5) is 51.7. The lowest BCUT2D eigenvalue weighted by Crippen LogP contribution is -2.56. The number of piperazine rings is 1. The fourth-order valence-electron chi connectivity index (χ4n) is 4.32. The van der Waals surface area contributed by atoms with Gasteiger partial charge in [-0.2, -0.15) is 0 Å². The number of thioether (sulfide) groups is 1. The first-order chi connectivity index (χ1) is 15.6. The van der Waals surface area contributed by atoms with Gasteiger partial charge in [0.2, 0.25) is 17.2 Å². The lowest BCUT2D eigenvalue weighted by Gasteiger charge is -2.38. The molecule has 10 nitrogen and oxygen atoms in total. The van der Waals surface area contributed by atoms with Crippen LogP contribution in [0.3, 0.4) is 0 Å². The van der Waals surface area contributed by atoms with Gasteiger partial charge in [0.25, 0.3) is 0 Å². The van der Waals surface area contributed by atoms with Gasteiger partial charge in [0.05, 0.1) is 21.6 Å². The SMILES string of the molecule is CC(=O)N[C@@H](CN)C(=O)N1CCN(c2cc3c(cc2F)c(=O)c(C(=O)O)c2n3C(C)S2)CC1. The molecule has 2 atom stereocenters. The third-order valence-corrected chi connectivity index (χ3v) is 7.11. The number of rotatable bonds is 5. The number of fused-ring (bicyclic) bond motifs is 3. The van der Waals surface area contributed by atoms with E-state index in [0.29, 0.717) is 36.7 Å². The highest BCUT2D eigenvalue weighted by atomic mass is 32.2. The van der Waals surface area contributed by atoms with Crippen molar-refractivity contribution in [1.29, 1.82) is 0 Å². The topological polar surface area (TPSA) is 138 Å². The maximum atomic E-state index is 15.1. The van der Waals surface area contributed by atoms with Gasteiger partial charge in [0, 0.05) is 45.0 Å². The van der Waals surface area contributed by atoms with Crippen molar-refractivity contribution in [2.24, 2.45) is 5.73 Å². The molecule has 1 saturated heterocycles. The zero-order chi connectivity index (χ0) is 24.0. The van der Waals surface area contributed by atoms with Crippen LogP contribution in [0.2, 0.25) is 0 Å². The molecule has 0 radical (unpaired) electrons. The van der Waals surface area contributed by atoms with Crippen LogP contribution >= 0.6 is 11.8 Å². The molecule has 0 bridgehead atoms. The Morgan fingerprint density at radius 1 is 1.27 bits per heavy atom. The minimum Gasteiger partial charge on any atom is -0.477 e. The number of carboxylic acid groups (broad SMARTS) is 1. The summed E-state index contributed by atoms with van der Waals surface area (Å²) in [7, 11) is 0. The maximum absolute atomic E-state index is 15.1. The summed E-state index contributed by atoms with van der Waals surface area (Å²) in [5.41, 5.74) is 5.35. The number of aromatic nitrogens is 1. The molecule has 1 fully saturated rings. The molecule has 1 aromatic heterocycles. The summed E-state index contributed by atoms with van der Waals surface area (Å²) in [6.07, 6.45) is 0. The third-order valence-electron chi connectivity index (χ3n) is 5.93. The van der Waals surface area contributed by atoms with Crippen molar-refractivity contribution in [3.05, 3.63) is 33.7 Å². The Bertz CT molecular complexity index is 1220. The van der Waals surface area contributed by atoms with Crippen LogP contribution in [0.1, 0.15) is 29.6 Å². The van der Waals surface area contributed by atoms with Gasteiger partial charge in [-0.3, -0.25) is 14.4 Å². The van der Waals surface area contributed by atoms with Crippen LogP contribution in [-0.2, 0) is 9.59 Å². The Labute approximate surface area is 192 Å². The molecule has 0 saturated carbocycles. The summed E-state index contributed by atoms with van der Waals surface area (Å²) in [6.45, 7) is 4.49. The summed E-state index contributed by atoms with van der Waals surface area (Å²) in [6, 6.07) is 1.87. The fraction of sp³-hybridized carbons (Fsp3) is 0.429. The lowest BCUT2D eigenvalue weighted by atomic mass is 10.1. The Kier molecular flexibility index (Phi) is 6.06. The molecule has 2 aliphatic heterocycles. The predicted molar refractivity (Wildman–Crippen MR) is 121 cm³/mol. The number of carbonyl (C=O) groups excluding carboxylic acids is 2. The van der Waals surface area contributed by atoms with E-state index in [4.69, 9.17) is 5.73 Å². The first-order valence-corrected chi connectivity index (χ1v) is 11.3. The van der Waals surface area contributed by atoms with Crippen molar-refractivity contribution in [2.75, 3.05) is 37.6 Å². The van der Waals surface area contributed by atoms with Gasteiger partial charge in [0.15, 0.2) is 0 Å². The smallest absolute Gasteiger partial charge is 0.342 e. The number of nitrogens with one attached hydrogen (secondary N) is 1. The molecule has 1 unspecified atom stereocenters. The molecule has 4 rings (SSSR count). The number of nitrogens with zero attached hydrogens (tertiary/aromatic N) is 3. The molecular formula is C21H24FN5O5S. The Morgan fingerprint density at radius 2 is 1.94 bits per heavy atom. The van der Waals surface area contributed by atoms with Gasteiger partial charge < -0.3 is 30.5 Å². The van der Waals surface area contributed by atoms with Crippen molar-refractivity contribution < 1.29 is 23.9 Å². The number of aromatic carboxylic acids is 1. The lowest BCUT2D eigenvalue weighted by molar-refractivity contribution is -0.136. The Hall–Kier alpha value is -3.12. The molecule has 1 aromatic carbocycles. The first-order valence-electron chi connectivity index (χ1n) is 10.5. The van der Waals surface area contributed by atoms with E-state index in [-0.39, 0.29) is 40.4 Å². The highest BCUT2D eigenvalue weighted by Crippen LogP contribution is 2.46. The molecule has 0 spiro atoms. The summed E-state index contributed by atoms with van der Waals surface area (Å²) >= 11 is 1.29. The van der Waals surface area contributed by atoms with E-state index in [1.807, 2.05) is 6.92 Å². The van der Waals surface area contributed by atoms with Gasteiger partial charge in [0.1, 0.15) is 17.4 Å². The van der Waals surface area contributed by atoms with Gasteiger partial charge in [-0.1, -0.05) is 11.8 Å². The first kappa shape index (κ1) is 23.1. The Morgan fingerprint density at radius 3 is 2.48 bits per heavy atom. The number of anilines is 1. The van der Waals surface area contributed by atoms with E-state index in [1.54, 1.807) is 20.4 Å². The van der Waals surface area contributed by atoms with E-state index in [1.165, 1.54) is 18.7 Å². The monoisotopic (exact) mass is 477 g/mol. The van der Waals surface area contributed by atoms with Crippen molar-refractivity contribution >= 4 is 46.1 Å². The zero-order valence-corrected chi connectivity index (χ0v) is 18.9. The van der Waals surface area contributed by atoms with Crippen LogP contribution in [0, 0.1) is 5.82 Å². The summed E-state index contributed by atoms with van der Waals surface area (Å²) in [5, 5.41) is 12.3. The number of amides is 2. The number of pyridine rings is 1. The number of hydrogen-bond donors (Lipinski definition) is 3. The highest BCUT2D eigenvalue weighted by molar-refractivity contribution is 8.00. The van der Waals surface area contributed by atoms with Crippen molar-refractivity contribution in [2.45, 2.75) is 30.3 Å². The quantitative estimate of drug-likeness (QED) is 0.569. The second-order valence-electron chi connectivity index (χ2n) is 8.02. The number of nitrogens with two attached hydrogens (primary N) is 1. The van der Waals surface area contributed by atoms with Crippen LogP contribution in [0.25, 0.3) is 10.9 Å². The van der Waals surface area contributed by atoms with Gasteiger partial charge in [-0.15, -0.1) is 0 Å². The standard InChI is InChI=1S/C21H24FN5O5S/c1-10(28)24-14(9-23)19(30)26-5-3-25(4-6-26)16-8-15-12(7-13(16)22)18(29)17(21(31)32)20-27(15)11(2)33-20/h7-8,11,14H,3-6,9,23H2,1-2H3,(H,24,28)(H,31,32)/t11?,14-/m0/s1. The van der Waals surface area contributed by atoms with E-state index in [2.05, 4.69) is 5.32 Å². The average Bonchev–Trinajstić information content (AvgIpc) is 2.76. The summed E-state index contributed by atoms with van der Waals surface area (Å²) in [5.74, 6) is -2.59. The van der Waals surface area contributed by atoms with Crippen LogP contribution < -0.4 is 21.4 Å². The van der Waals surface area contributed by atoms with Crippen LogP contribution in [0.5, 0.6) is 0 Å². The zero-order valence-electron chi connectivity index (χ0n) is 18.1. The predicted octanol–water partition coefficient (Wildman–Crippen LogP) is 0.575. The number of carbonyl (C=O) groups is 3. The largest absolute Gasteiger partial charge is 0.477 e. The van der Waals surface area contributed by atoms with Crippen molar-refractivity contribution in [3.8, 4) is 0 Å².